The van der Waals surface area contributed by atoms with Crippen molar-refractivity contribution in [3.8, 4) is 0 Å². The predicted molar refractivity (Wildman–Crippen MR) is 83.3 cm³/mol. The quantitative estimate of drug-likeness (QED) is 0.874. The summed E-state index contributed by atoms with van der Waals surface area (Å²) in [6, 6.07) is 10.2. The molecule has 0 unspecified atom stereocenters. The Hall–Kier alpha value is -2.14. The zero-order valence-electron chi connectivity index (χ0n) is 12.8. The van der Waals surface area contributed by atoms with E-state index in [1.165, 1.54) is 12.3 Å². The fourth-order valence-corrected chi connectivity index (χ4v) is 3.83. The summed E-state index contributed by atoms with van der Waals surface area (Å²) in [4.78, 5) is 16.6. The molecule has 0 radical (unpaired) electrons. The van der Waals surface area contributed by atoms with Gasteiger partial charge in [0.2, 0.25) is 0 Å². The van der Waals surface area contributed by atoms with Crippen LogP contribution in [0.4, 0.5) is 4.39 Å². The Morgan fingerprint density at radius 2 is 1.91 bits per heavy atom. The molecule has 23 heavy (non-hydrogen) atoms. The number of rotatable bonds is 3. The number of halogens is 1. The molecule has 5 heteroatoms. The second kappa shape index (κ2) is 5.81. The fourth-order valence-electron chi connectivity index (χ4n) is 3.83. The van der Waals surface area contributed by atoms with Crippen LogP contribution in [0.2, 0.25) is 0 Å². The van der Waals surface area contributed by atoms with E-state index in [0.29, 0.717) is 17.6 Å². The molecule has 2 saturated heterocycles. The van der Waals surface area contributed by atoms with Gasteiger partial charge in [-0.15, -0.1) is 0 Å². The standard InChI is InChI=1S/C18H19FN2O2/c19-16-4-1-3-13(7-16)8-20-9-14-11-21(12-15(14)10-20)18(22)17-5-2-6-23-17/h1-7,14-15H,8-12H2/t14-,15-/m0/s1. The number of carbonyl (C=O) groups excluding carboxylic acids is 1. The molecule has 2 atom stereocenters. The molecule has 3 heterocycles. The van der Waals surface area contributed by atoms with Crippen molar-refractivity contribution in [3.05, 3.63) is 59.8 Å². The number of carbonyl (C=O) groups is 1. The van der Waals surface area contributed by atoms with Gasteiger partial charge in [0.25, 0.3) is 5.91 Å². The van der Waals surface area contributed by atoms with E-state index in [1.807, 2.05) is 11.0 Å². The van der Waals surface area contributed by atoms with Gasteiger partial charge in [0.15, 0.2) is 5.76 Å². The Morgan fingerprint density at radius 1 is 1.13 bits per heavy atom. The van der Waals surface area contributed by atoms with Crippen LogP contribution in [0.1, 0.15) is 16.1 Å². The topological polar surface area (TPSA) is 36.7 Å². The van der Waals surface area contributed by atoms with E-state index in [1.54, 1.807) is 24.3 Å². The molecule has 0 saturated carbocycles. The molecule has 0 spiro atoms. The van der Waals surface area contributed by atoms with Crippen LogP contribution < -0.4 is 0 Å². The highest BCUT2D eigenvalue weighted by atomic mass is 19.1. The lowest BCUT2D eigenvalue weighted by Gasteiger charge is -2.21. The van der Waals surface area contributed by atoms with Crippen molar-refractivity contribution in [1.82, 2.24) is 9.80 Å². The van der Waals surface area contributed by atoms with E-state index in [0.717, 1.165) is 38.3 Å². The van der Waals surface area contributed by atoms with E-state index in [2.05, 4.69) is 4.90 Å². The van der Waals surface area contributed by atoms with Crippen molar-refractivity contribution >= 4 is 5.91 Å². The number of amides is 1. The van der Waals surface area contributed by atoms with Gasteiger partial charge in [0, 0.05) is 32.7 Å². The van der Waals surface area contributed by atoms with Crippen LogP contribution in [-0.2, 0) is 6.54 Å². The van der Waals surface area contributed by atoms with Crippen LogP contribution in [0, 0.1) is 17.7 Å². The van der Waals surface area contributed by atoms with Gasteiger partial charge in [-0.25, -0.2) is 4.39 Å². The minimum absolute atomic E-state index is 0.0129. The smallest absolute Gasteiger partial charge is 0.289 e. The molecule has 0 N–H and O–H groups in total. The molecule has 2 aliphatic heterocycles. The molecule has 0 aliphatic carbocycles. The summed E-state index contributed by atoms with van der Waals surface area (Å²) in [5.74, 6) is 1.23. The first-order valence-electron chi connectivity index (χ1n) is 7.98. The molecule has 2 fully saturated rings. The number of benzene rings is 1. The molecule has 4 nitrogen and oxygen atoms in total. The number of furan rings is 1. The zero-order chi connectivity index (χ0) is 15.8. The summed E-state index contributed by atoms with van der Waals surface area (Å²) in [5, 5.41) is 0. The number of nitrogens with zero attached hydrogens (tertiary/aromatic N) is 2. The van der Waals surface area contributed by atoms with Crippen LogP contribution in [0.3, 0.4) is 0 Å². The summed E-state index contributed by atoms with van der Waals surface area (Å²) < 4.78 is 18.5. The molecule has 2 aliphatic rings. The molecule has 2 aromatic rings. The second-order valence-corrected chi connectivity index (χ2v) is 6.53. The Balaban J connectivity index is 1.36. The molecule has 4 rings (SSSR count). The Labute approximate surface area is 134 Å². The van der Waals surface area contributed by atoms with Crippen molar-refractivity contribution in [3.63, 3.8) is 0 Å². The summed E-state index contributed by atoms with van der Waals surface area (Å²) in [6.07, 6.45) is 1.53. The largest absolute Gasteiger partial charge is 0.459 e. The average molecular weight is 314 g/mol. The molecule has 1 aromatic heterocycles. The number of fused-ring (bicyclic) bond motifs is 1. The third-order valence-electron chi connectivity index (χ3n) is 4.88. The number of hydrogen-bond donors (Lipinski definition) is 0. The van der Waals surface area contributed by atoms with Crippen LogP contribution in [0.5, 0.6) is 0 Å². The SMILES string of the molecule is O=C(c1ccco1)N1C[C@@H]2CN(Cc3cccc(F)c3)C[C@H]2C1. The van der Waals surface area contributed by atoms with Gasteiger partial charge >= 0.3 is 0 Å². The minimum atomic E-state index is -0.183. The highest BCUT2D eigenvalue weighted by molar-refractivity contribution is 5.91. The van der Waals surface area contributed by atoms with Crippen LogP contribution >= 0.6 is 0 Å². The molecule has 0 bridgehead atoms. The molecular weight excluding hydrogens is 295 g/mol. The molecule has 1 aromatic carbocycles. The predicted octanol–water partition coefficient (Wildman–Crippen LogP) is 2.62. The Kier molecular flexibility index (Phi) is 3.65. The fraction of sp³-hybridized carbons (Fsp3) is 0.389. The first kappa shape index (κ1) is 14.5. The maximum atomic E-state index is 13.3. The van der Waals surface area contributed by atoms with Gasteiger partial charge in [-0.05, 0) is 41.7 Å². The first-order chi connectivity index (χ1) is 11.2. The van der Waals surface area contributed by atoms with E-state index < -0.39 is 0 Å². The number of likely N-dealkylation sites (tertiary alicyclic amines) is 2. The minimum Gasteiger partial charge on any atom is -0.459 e. The third-order valence-corrected chi connectivity index (χ3v) is 4.88. The van der Waals surface area contributed by atoms with Crippen molar-refractivity contribution in [2.75, 3.05) is 26.2 Å². The van der Waals surface area contributed by atoms with E-state index >= 15 is 0 Å². The van der Waals surface area contributed by atoms with Gasteiger partial charge in [0.05, 0.1) is 6.26 Å². The van der Waals surface area contributed by atoms with Gasteiger partial charge in [0.1, 0.15) is 5.82 Å². The maximum Gasteiger partial charge on any atom is 0.289 e. The third kappa shape index (κ3) is 2.88. The van der Waals surface area contributed by atoms with Gasteiger partial charge < -0.3 is 9.32 Å². The lowest BCUT2D eigenvalue weighted by Crippen LogP contribution is -2.32. The van der Waals surface area contributed by atoms with E-state index in [9.17, 15) is 9.18 Å². The highest BCUT2D eigenvalue weighted by Gasteiger charge is 2.41. The van der Waals surface area contributed by atoms with E-state index in [-0.39, 0.29) is 11.7 Å². The van der Waals surface area contributed by atoms with Crippen molar-refractivity contribution in [2.45, 2.75) is 6.54 Å². The normalized spacial score (nSPS) is 24.1. The monoisotopic (exact) mass is 314 g/mol. The Morgan fingerprint density at radius 3 is 2.57 bits per heavy atom. The van der Waals surface area contributed by atoms with Crippen LogP contribution in [-0.4, -0.2) is 41.9 Å². The number of hydrogen-bond acceptors (Lipinski definition) is 3. The maximum absolute atomic E-state index is 13.3. The zero-order valence-corrected chi connectivity index (χ0v) is 12.8. The van der Waals surface area contributed by atoms with Crippen LogP contribution in [0.25, 0.3) is 0 Å². The van der Waals surface area contributed by atoms with Gasteiger partial charge in [-0.3, -0.25) is 9.69 Å². The Bertz CT molecular complexity index is 687. The summed E-state index contributed by atoms with van der Waals surface area (Å²) >= 11 is 0. The lowest BCUT2D eigenvalue weighted by molar-refractivity contribution is 0.0742. The molecule has 1 amide bonds. The molecular formula is C18H19FN2O2. The summed E-state index contributed by atoms with van der Waals surface area (Å²) in [5.41, 5.74) is 1.01. The van der Waals surface area contributed by atoms with Crippen LogP contribution in [0.15, 0.2) is 47.1 Å². The molecule has 120 valence electrons. The average Bonchev–Trinajstić information content (AvgIpc) is 3.22. The highest BCUT2D eigenvalue weighted by Crippen LogP contribution is 2.32. The van der Waals surface area contributed by atoms with Crippen molar-refractivity contribution < 1.29 is 13.6 Å². The summed E-state index contributed by atoms with van der Waals surface area (Å²) in [6.45, 7) is 4.26. The first-order valence-corrected chi connectivity index (χ1v) is 7.98. The van der Waals surface area contributed by atoms with Gasteiger partial charge in [-0.2, -0.15) is 0 Å². The second-order valence-electron chi connectivity index (χ2n) is 6.53. The van der Waals surface area contributed by atoms with E-state index in [4.69, 9.17) is 4.42 Å². The van der Waals surface area contributed by atoms with Gasteiger partial charge in [-0.1, -0.05) is 12.1 Å². The van der Waals surface area contributed by atoms with Crippen molar-refractivity contribution in [1.29, 1.82) is 0 Å². The van der Waals surface area contributed by atoms with Crippen molar-refractivity contribution in [2.24, 2.45) is 11.8 Å². The summed E-state index contributed by atoms with van der Waals surface area (Å²) in [7, 11) is 0. The lowest BCUT2D eigenvalue weighted by atomic mass is 10.0.